The maximum atomic E-state index is 5.32. The van der Waals surface area contributed by atoms with Crippen molar-refractivity contribution in [2.24, 2.45) is 5.73 Å². The Hall–Kier alpha value is -0.930. The molecule has 1 aromatic rings. The van der Waals surface area contributed by atoms with E-state index < -0.39 is 0 Å². The first kappa shape index (κ1) is 9.16. The van der Waals surface area contributed by atoms with E-state index in [-0.39, 0.29) is 0 Å². The summed E-state index contributed by atoms with van der Waals surface area (Å²) in [6.07, 6.45) is 2.68. The molecule has 0 aromatic carbocycles. The first-order valence-electron chi connectivity index (χ1n) is 4.11. The minimum Gasteiger partial charge on any atom is -0.375 e. The Labute approximate surface area is 72.6 Å². The van der Waals surface area contributed by atoms with Gasteiger partial charge in [0.2, 0.25) is 0 Å². The van der Waals surface area contributed by atoms with Gasteiger partial charge in [-0.15, -0.1) is 0 Å². The molecule has 12 heavy (non-hydrogen) atoms. The lowest BCUT2D eigenvalue weighted by Gasteiger charge is -2.01. The summed E-state index contributed by atoms with van der Waals surface area (Å²) >= 11 is 0. The molecule has 0 bridgehead atoms. The van der Waals surface area contributed by atoms with Gasteiger partial charge in [-0.25, -0.2) is 0 Å². The maximum Gasteiger partial charge on any atom is 0.0887 e. The molecule has 0 radical (unpaired) electrons. The fraction of sp³-hybridized carbons (Fsp3) is 0.444. The van der Waals surface area contributed by atoms with E-state index in [4.69, 9.17) is 10.5 Å². The number of pyridine rings is 1. The predicted molar refractivity (Wildman–Crippen MR) is 47.6 cm³/mol. The monoisotopic (exact) mass is 166 g/mol. The summed E-state index contributed by atoms with van der Waals surface area (Å²) in [4.78, 5) is 4.12. The van der Waals surface area contributed by atoms with Crippen molar-refractivity contribution in [1.82, 2.24) is 4.98 Å². The quantitative estimate of drug-likeness (QED) is 0.662. The Balaban J connectivity index is 2.16. The molecule has 0 aliphatic heterocycles. The number of ether oxygens (including phenoxy) is 1. The van der Waals surface area contributed by atoms with Crippen LogP contribution in [0.25, 0.3) is 0 Å². The molecular formula is C9H14N2O. The van der Waals surface area contributed by atoms with Crippen LogP contribution in [0.5, 0.6) is 0 Å². The van der Waals surface area contributed by atoms with Gasteiger partial charge in [0, 0.05) is 12.8 Å². The summed E-state index contributed by atoms with van der Waals surface area (Å²) in [6.45, 7) is 1.98. The van der Waals surface area contributed by atoms with Crippen LogP contribution in [0.3, 0.4) is 0 Å². The first-order chi connectivity index (χ1) is 5.93. The molecule has 1 heterocycles. The van der Waals surface area contributed by atoms with Crippen molar-refractivity contribution < 1.29 is 4.74 Å². The molecule has 0 aliphatic carbocycles. The number of nitrogens with two attached hydrogens (primary N) is 1. The summed E-state index contributed by atoms with van der Waals surface area (Å²) in [7, 11) is 0. The van der Waals surface area contributed by atoms with Crippen LogP contribution in [-0.2, 0) is 11.3 Å². The van der Waals surface area contributed by atoms with Crippen LogP contribution < -0.4 is 5.73 Å². The summed E-state index contributed by atoms with van der Waals surface area (Å²) in [6, 6.07) is 5.79. The number of rotatable bonds is 5. The van der Waals surface area contributed by atoms with Crippen LogP contribution in [0.15, 0.2) is 24.4 Å². The third-order valence-corrected chi connectivity index (χ3v) is 1.47. The Bertz CT molecular complexity index is 201. The van der Waals surface area contributed by atoms with Gasteiger partial charge in [-0.1, -0.05) is 6.07 Å². The molecule has 0 atom stereocenters. The third-order valence-electron chi connectivity index (χ3n) is 1.47. The van der Waals surface area contributed by atoms with Crippen LogP contribution >= 0.6 is 0 Å². The zero-order valence-electron chi connectivity index (χ0n) is 7.07. The molecule has 0 unspecified atom stereocenters. The second-order valence-corrected chi connectivity index (χ2v) is 2.52. The van der Waals surface area contributed by atoms with Crippen LogP contribution in [-0.4, -0.2) is 18.1 Å². The maximum absolute atomic E-state index is 5.32. The van der Waals surface area contributed by atoms with Gasteiger partial charge in [0.1, 0.15) is 0 Å². The average Bonchev–Trinajstić information content (AvgIpc) is 2.14. The summed E-state index contributed by atoms with van der Waals surface area (Å²) in [5, 5.41) is 0. The Morgan fingerprint density at radius 2 is 2.33 bits per heavy atom. The van der Waals surface area contributed by atoms with Crippen LogP contribution in [0.4, 0.5) is 0 Å². The summed E-state index contributed by atoms with van der Waals surface area (Å²) in [5.74, 6) is 0. The van der Waals surface area contributed by atoms with E-state index in [1.807, 2.05) is 18.2 Å². The molecule has 3 nitrogen and oxygen atoms in total. The van der Waals surface area contributed by atoms with Crippen LogP contribution in [0.2, 0.25) is 0 Å². The number of hydrogen-bond acceptors (Lipinski definition) is 3. The molecule has 0 spiro atoms. The molecule has 0 amide bonds. The average molecular weight is 166 g/mol. The van der Waals surface area contributed by atoms with Crippen molar-refractivity contribution in [3.63, 3.8) is 0 Å². The smallest absolute Gasteiger partial charge is 0.0887 e. The fourth-order valence-corrected chi connectivity index (χ4v) is 0.846. The van der Waals surface area contributed by atoms with E-state index in [1.165, 1.54) is 0 Å². The zero-order valence-corrected chi connectivity index (χ0v) is 7.07. The Morgan fingerprint density at radius 1 is 1.42 bits per heavy atom. The predicted octanol–water partition coefficient (Wildman–Crippen LogP) is 0.947. The standard InChI is InChI=1S/C9H14N2O/c10-5-3-7-12-8-9-4-1-2-6-11-9/h1-2,4,6H,3,5,7-8,10H2. The van der Waals surface area contributed by atoms with E-state index in [0.717, 1.165) is 12.1 Å². The summed E-state index contributed by atoms with van der Waals surface area (Å²) < 4.78 is 5.32. The summed E-state index contributed by atoms with van der Waals surface area (Å²) in [5.41, 5.74) is 6.28. The van der Waals surface area contributed by atoms with Crippen molar-refractivity contribution in [2.75, 3.05) is 13.2 Å². The van der Waals surface area contributed by atoms with Gasteiger partial charge in [-0.05, 0) is 25.1 Å². The van der Waals surface area contributed by atoms with Crippen LogP contribution in [0.1, 0.15) is 12.1 Å². The lowest BCUT2D eigenvalue weighted by atomic mass is 10.4. The van der Waals surface area contributed by atoms with Crippen molar-refractivity contribution in [3.05, 3.63) is 30.1 Å². The molecule has 0 saturated heterocycles. The van der Waals surface area contributed by atoms with Crippen molar-refractivity contribution in [3.8, 4) is 0 Å². The Morgan fingerprint density at radius 3 is 3.00 bits per heavy atom. The minimum atomic E-state index is 0.584. The second-order valence-electron chi connectivity index (χ2n) is 2.52. The first-order valence-corrected chi connectivity index (χ1v) is 4.11. The number of aromatic nitrogens is 1. The molecular weight excluding hydrogens is 152 g/mol. The molecule has 3 heteroatoms. The molecule has 2 N–H and O–H groups in total. The topological polar surface area (TPSA) is 48.1 Å². The van der Waals surface area contributed by atoms with Crippen molar-refractivity contribution in [1.29, 1.82) is 0 Å². The molecule has 0 saturated carbocycles. The van der Waals surface area contributed by atoms with E-state index in [0.29, 0.717) is 19.8 Å². The normalized spacial score (nSPS) is 10.1. The molecule has 0 aliphatic rings. The highest BCUT2D eigenvalue weighted by Crippen LogP contribution is 1.95. The molecule has 0 fully saturated rings. The highest BCUT2D eigenvalue weighted by Gasteiger charge is 1.91. The van der Waals surface area contributed by atoms with Gasteiger partial charge in [-0.3, -0.25) is 4.98 Å². The van der Waals surface area contributed by atoms with Gasteiger partial charge in [0.25, 0.3) is 0 Å². The van der Waals surface area contributed by atoms with Gasteiger partial charge in [0.15, 0.2) is 0 Å². The second kappa shape index (κ2) is 5.69. The molecule has 1 aromatic heterocycles. The lowest BCUT2D eigenvalue weighted by Crippen LogP contribution is -2.04. The molecule has 1 rings (SSSR count). The van der Waals surface area contributed by atoms with Crippen LogP contribution in [0, 0.1) is 0 Å². The van der Waals surface area contributed by atoms with Gasteiger partial charge >= 0.3 is 0 Å². The fourth-order valence-electron chi connectivity index (χ4n) is 0.846. The number of hydrogen-bond donors (Lipinski definition) is 1. The minimum absolute atomic E-state index is 0.584. The van der Waals surface area contributed by atoms with Gasteiger partial charge < -0.3 is 10.5 Å². The third kappa shape index (κ3) is 3.46. The van der Waals surface area contributed by atoms with E-state index >= 15 is 0 Å². The van der Waals surface area contributed by atoms with Crippen molar-refractivity contribution >= 4 is 0 Å². The van der Waals surface area contributed by atoms with Crippen molar-refractivity contribution in [2.45, 2.75) is 13.0 Å². The van der Waals surface area contributed by atoms with E-state index in [1.54, 1.807) is 6.20 Å². The Kier molecular flexibility index (Phi) is 4.34. The van der Waals surface area contributed by atoms with Gasteiger partial charge in [-0.2, -0.15) is 0 Å². The SMILES string of the molecule is NCCCOCc1ccccn1. The lowest BCUT2D eigenvalue weighted by molar-refractivity contribution is 0.117. The van der Waals surface area contributed by atoms with E-state index in [2.05, 4.69) is 4.98 Å². The number of nitrogens with zero attached hydrogens (tertiary/aromatic N) is 1. The highest BCUT2D eigenvalue weighted by atomic mass is 16.5. The zero-order chi connectivity index (χ0) is 8.65. The largest absolute Gasteiger partial charge is 0.375 e. The molecule has 66 valence electrons. The van der Waals surface area contributed by atoms with E-state index in [9.17, 15) is 0 Å². The van der Waals surface area contributed by atoms with Gasteiger partial charge in [0.05, 0.1) is 12.3 Å². The highest BCUT2D eigenvalue weighted by molar-refractivity contribution is 5.01.